The van der Waals surface area contributed by atoms with E-state index in [2.05, 4.69) is 22.3 Å². The van der Waals surface area contributed by atoms with Crippen molar-refractivity contribution in [1.29, 1.82) is 0 Å². The number of carbonyl (C=O) groups excluding carboxylic acids is 1. The molecule has 5 nitrogen and oxygen atoms in total. The van der Waals surface area contributed by atoms with E-state index in [1.807, 2.05) is 18.2 Å². The highest BCUT2D eigenvalue weighted by atomic mass is 16.5. The number of para-hydroxylation sites is 1. The minimum atomic E-state index is -0.295. The lowest BCUT2D eigenvalue weighted by Crippen LogP contribution is -2.36. The lowest BCUT2D eigenvalue weighted by atomic mass is 10.1. The number of nitrogens with one attached hydrogen (secondary N) is 1. The average molecular weight is 340 g/mol. The molecule has 1 amide bonds. The van der Waals surface area contributed by atoms with Crippen LogP contribution in [0, 0.1) is 0 Å². The van der Waals surface area contributed by atoms with Gasteiger partial charge in [0, 0.05) is 6.54 Å². The van der Waals surface area contributed by atoms with E-state index in [0.717, 1.165) is 13.1 Å². The minimum Gasteiger partial charge on any atom is -0.504 e. The highest BCUT2D eigenvalue weighted by Crippen LogP contribution is 2.29. The molecule has 0 bridgehead atoms. The maximum absolute atomic E-state index is 12.5. The van der Waals surface area contributed by atoms with Crippen molar-refractivity contribution in [2.24, 2.45) is 0 Å². The van der Waals surface area contributed by atoms with Gasteiger partial charge in [-0.05, 0) is 43.6 Å². The Hall–Kier alpha value is -2.53. The molecule has 1 atom stereocenters. The summed E-state index contributed by atoms with van der Waals surface area (Å²) in [7, 11) is 1.47. The molecule has 5 heteroatoms. The minimum absolute atomic E-state index is 0.125. The van der Waals surface area contributed by atoms with Crippen LogP contribution in [0.15, 0.2) is 48.5 Å². The number of hydrogen-bond donors (Lipinski definition) is 2. The fraction of sp³-hybridized carbons (Fsp3) is 0.350. The number of phenols is 1. The Morgan fingerprint density at radius 3 is 2.56 bits per heavy atom. The van der Waals surface area contributed by atoms with Crippen molar-refractivity contribution in [2.75, 3.05) is 26.7 Å². The summed E-state index contributed by atoms with van der Waals surface area (Å²) in [5, 5.41) is 13.1. The third-order valence-corrected chi connectivity index (χ3v) is 4.69. The van der Waals surface area contributed by atoms with E-state index < -0.39 is 0 Å². The Bertz CT molecular complexity index is 712. The standard InChI is InChI=1S/C20H24N2O3/c1-25-18-11-7-10-16(19(18)23)20(24)21-14-17(22-12-5-6-13-22)15-8-3-2-4-9-15/h2-4,7-11,17,23H,5-6,12-14H2,1H3,(H,21,24)/t17-/m0/s1. The monoisotopic (exact) mass is 340 g/mol. The number of likely N-dealkylation sites (tertiary alicyclic amines) is 1. The Labute approximate surface area is 148 Å². The number of benzene rings is 2. The molecule has 1 aliphatic rings. The molecule has 0 saturated carbocycles. The quantitative estimate of drug-likeness (QED) is 0.849. The van der Waals surface area contributed by atoms with Crippen molar-refractivity contribution in [3.05, 3.63) is 59.7 Å². The molecule has 2 aromatic rings. The first-order valence-corrected chi connectivity index (χ1v) is 8.64. The summed E-state index contributed by atoms with van der Waals surface area (Å²) in [4.78, 5) is 14.9. The summed E-state index contributed by atoms with van der Waals surface area (Å²) in [6.07, 6.45) is 2.38. The molecule has 1 aliphatic heterocycles. The lowest BCUT2D eigenvalue weighted by molar-refractivity contribution is 0.0934. The molecule has 3 rings (SSSR count). The zero-order chi connectivity index (χ0) is 17.6. The van der Waals surface area contributed by atoms with Crippen molar-refractivity contribution in [1.82, 2.24) is 10.2 Å². The van der Waals surface area contributed by atoms with Gasteiger partial charge < -0.3 is 15.2 Å². The largest absolute Gasteiger partial charge is 0.504 e. The highest BCUT2D eigenvalue weighted by molar-refractivity contribution is 5.97. The Kier molecular flexibility index (Phi) is 5.56. The molecule has 2 aromatic carbocycles. The highest BCUT2D eigenvalue weighted by Gasteiger charge is 2.24. The van der Waals surface area contributed by atoms with Crippen LogP contribution in [0.25, 0.3) is 0 Å². The fourth-order valence-corrected chi connectivity index (χ4v) is 3.34. The second-order valence-electron chi connectivity index (χ2n) is 6.24. The lowest BCUT2D eigenvalue weighted by Gasteiger charge is -2.28. The molecule has 1 heterocycles. The first-order chi connectivity index (χ1) is 12.2. The van der Waals surface area contributed by atoms with Crippen LogP contribution in [-0.2, 0) is 0 Å². The number of amides is 1. The van der Waals surface area contributed by atoms with Gasteiger partial charge in [0.05, 0.1) is 18.7 Å². The van der Waals surface area contributed by atoms with Gasteiger partial charge in [0.25, 0.3) is 5.91 Å². The number of aromatic hydroxyl groups is 1. The molecule has 1 saturated heterocycles. The van der Waals surface area contributed by atoms with E-state index in [1.165, 1.54) is 25.5 Å². The first-order valence-electron chi connectivity index (χ1n) is 8.64. The second kappa shape index (κ2) is 8.03. The van der Waals surface area contributed by atoms with Crippen molar-refractivity contribution in [3.63, 3.8) is 0 Å². The molecule has 0 aromatic heterocycles. The van der Waals surface area contributed by atoms with Crippen LogP contribution in [0.1, 0.15) is 34.8 Å². The van der Waals surface area contributed by atoms with E-state index in [4.69, 9.17) is 4.74 Å². The number of hydrogen-bond acceptors (Lipinski definition) is 4. The SMILES string of the molecule is COc1cccc(C(=O)NC[C@@H](c2ccccc2)N2CCCC2)c1O. The number of phenolic OH excluding ortho intramolecular Hbond substituents is 1. The summed E-state index contributed by atoms with van der Waals surface area (Å²) < 4.78 is 5.07. The zero-order valence-electron chi connectivity index (χ0n) is 14.4. The molecular formula is C20H24N2O3. The summed E-state index contributed by atoms with van der Waals surface area (Å²) in [5.74, 6) is -0.122. The fourth-order valence-electron chi connectivity index (χ4n) is 3.34. The van der Waals surface area contributed by atoms with Gasteiger partial charge in [0.15, 0.2) is 11.5 Å². The molecule has 25 heavy (non-hydrogen) atoms. The predicted octanol–water partition coefficient (Wildman–Crippen LogP) is 2.97. The van der Waals surface area contributed by atoms with E-state index in [0.29, 0.717) is 12.3 Å². The zero-order valence-corrected chi connectivity index (χ0v) is 14.4. The summed E-state index contributed by atoms with van der Waals surface area (Å²) in [6.45, 7) is 2.58. The normalized spacial score (nSPS) is 15.7. The molecule has 1 fully saturated rings. The van der Waals surface area contributed by atoms with Gasteiger partial charge in [-0.3, -0.25) is 9.69 Å². The summed E-state index contributed by atoms with van der Waals surface area (Å²) >= 11 is 0. The average Bonchev–Trinajstić information content (AvgIpc) is 3.17. The van der Waals surface area contributed by atoms with Crippen LogP contribution in [0.3, 0.4) is 0 Å². The van der Waals surface area contributed by atoms with E-state index in [9.17, 15) is 9.90 Å². The van der Waals surface area contributed by atoms with Crippen molar-refractivity contribution in [2.45, 2.75) is 18.9 Å². The van der Waals surface area contributed by atoms with Gasteiger partial charge in [0.1, 0.15) is 0 Å². The Morgan fingerprint density at radius 2 is 1.88 bits per heavy atom. The van der Waals surface area contributed by atoms with Gasteiger partial charge in [-0.2, -0.15) is 0 Å². The van der Waals surface area contributed by atoms with Gasteiger partial charge in [-0.1, -0.05) is 36.4 Å². The van der Waals surface area contributed by atoms with Crippen LogP contribution in [-0.4, -0.2) is 42.7 Å². The van der Waals surface area contributed by atoms with Gasteiger partial charge in [0.2, 0.25) is 0 Å². The predicted molar refractivity (Wildman–Crippen MR) is 97.0 cm³/mol. The van der Waals surface area contributed by atoms with E-state index >= 15 is 0 Å². The van der Waals surface area contributed by atoms with Gasteiger partial charge in [-0.25, -0.2) is 0 Å². The van der Waals surface area contributed by atoms with Crippen molar-refractivity contribution in [3.8, 4) is 11.5 Å². The molecule has 0 spiro atoms. The van der Waals surface area contributed by atoms with Crippen molar-refractivity contribution < 1.29 is 14.6 Å². The molecule has 2 N–H and O–H groups in total. The molecule has 0 aliphatic carbocycles. The van der Waals surface area contributed by atoms with E-state index in [1.54, 1.807) is 18.2 Å². The summed E-state index contributed by atoms with van der Waals surface area (Å²) in [5.41, 5.74) is 1.42. The van der Waals surface area contributed by atoms with Gasteiger partial charge >= 0.3 is 0 Å². The molecule has 132 valence electrons. The maximum atomic E-state index is 12.5. The number of methoxy groups -OCH3 is 1. The van der Waals surface area contributed by atoms with Crippen LogP contribution in [0.2, 0.25) is 0 Å². The number of rotatable bonds is 6. The van der Waals surface area contributed by atoms with Gasteiger partial charge in [-0.15, -0.1) is 0 Å². The molecule has 0 unspecified atom stereocenters. The third-order valence-electron chi connectivity index (χ3n) is 4.69. The smallest absolute Gasteiger partial charge is 0.255 e. The van der Waals surface area contributed by atoms with Crippen LogP contribution < -0.4 is 10.1 Å². The van der Waals surface area contributed by atoms with Crippen LogP contribution in [0.5, 0.6) is 11.5 Å². The second-order valence-corrected chi connectivity index (χ2v) is 6.24. The number of carbonyl (C=O) groups is 1. The molecular weight excluding hydrogens is 316 g/mol. The van der Waals surface area contributed by atoms with Crippen molar-refractivity contribution >= 4 is 5.91 Å². The number of ether oxygens (including phenoxy) is 1. The molecule has 0 radical (unpaired) electrons. The maximum Gasteiger partial charge on any atom is 0.255 e. The number of nitrogens with zero attached hydrogens (tertiary/aromatic N) is 1. The third kappa shape index (κ3) is 3.94. The first kappa shape index (κ1) is 17.3. The summed E-state index contributed by atoms with van der Waals surface area (Å²) in [6, 6.07) is 15.3. The Morgan fingerprint density at radius 1 is 1.16 bits per heavy atom. The van der Waals surface area contributed by atoms with Crippen LogP contribution in [0.4, 0.5) is 0 Å². The van der Waals surface area contributed by atoms with Crippen LogP contribution >= 0.6 is 0 Å². The topological polar surface area (TPSA) is 61.8 Å². The Balaban J connectivity index is 1.74. The van der Waals surface area contributed by atoms with E-state index in [-0.39, 0.29) is 23.3 Å².